The van der Waals surface area contributed by atoms with Crippen LogP contribution < -0.4 is 5.32 Å². The SMILES string of the molecule is COCc1ccccc1NC(C)c1sc(C)nc1C. The summed E-state index contributed by atoms with van der Waals surface area (Å²) >= 11 is 1.76. The third-order valence-corrected chi connectivity index (χ3v) is 4.28. The van der Waals surface area contributed by atoms with Gasteiger partial charge in [-0.25, -0.2) is 4.98 Å². The van der Waals surface area contributed by atoms with Crippen molar-refractivity contribution in [3.63, 3.8) is 0 Å². The van der Waals surface area contributed by atoms with Gasteiger partial charge in [-0.05, 0) is 26.8 Å². The fraction of sp³-hybridized carbons (Fsp3) is 0.400. The summed E-state index contributed by atoms with van der Waals surface area (Å²) in [6.07, 6.45) is 0. The Morgan fingerprint density at radius 3 is 2.68 bits per heavy atom. The standard InChI is InChI=1S/C15H20N2OS/c1-10-15(19-12(3)16-10)11(2)17-14-8-6-5-7-13(14)9-18-4/h5-8,11,17H,9H2,1-4H3. The topological polar surface area (TPSA) is 34.1 Å². The molecule has 0 saturated carbocycles. The molecule has 0 amide bonds. The van der Waals surface area contributed by atoms with Gasteiger partial charge < -0.3 is 10.1 Å². The lowest BCUT2D eigenvalue weighted by molar-refractivity contribution is 0.185. The molecule has 1 aromatic heterocycles. The van der Waals surface area contributed by atoms with Gasteiger partial charge in [-0.3, -0.25) is 0 Å². The fourth-order valence-electron chi connectivity index (χ4n) is 2.19. The number of aromatic nitrogens is 1. The van der Waals surface area contributed by atoms with Crippen LogP contribution in [0.4, 0.5) is 5.69 Å². The number of nitrogens with one attached hydrogen (secondary N) is 1. The summed E-state index contributed by atoms with van der Waals surface area (Å²) in [5.41, 5.74) is 3.42. The van der Waals surface area contributed by atoms with E-state index in [1.807, 2.05) is 19.1 Å². The zero-order valence-electron chi connectivity index (χ0n) is 11.9. The van der Waals surface area contributed by atoms with Crippen molar-refractivity contribution in [2.75, 3.05) is 12.4 Å². The number of methoxy groups -OCH3 is 1. The number of aryl methyl sites for hydroxylation is 2. The quantitative estimate of drug-likeness (QED) is 0.893. The summed E-state index contributed by atoms with van der Waals surface area (Å²) in [5.74, 6) is 0. The Morgan fingerprint density at radius 2 is 2.05 bits per heavy atom. The molecule has 1 atom stereocenters. The van der Waals surface area contributed by atoms with Gasteiger partial charge in [-0.15, -0.1) is 11.3 Å². The maximum atomic E-state index is 5.23. The summed E-state index contributed by atoms with van der Waals surface area (Å²) in [7, 11) is 1.72. The maximum Gasteiger partial charge on any atom is 0.0900 e. The molecule has 1 N–H and O–H groups in total. The van der Waals surface area contributed by atoms with Crippen molar-refractivity contribution >= 4 is 17.0 Å². The van der Waals surface area contributed by atoms with E-state index in [1.54, 1.807) is 18.4 Å². The highest BCUT2D eigenvalue weighted by atomic mass is 32.1. The van der Waals surface area contributed by atoms with E-state index >= 15 is 0 Å². The molecule has 102 valence electrons. The molecule has 0 radical (unpaired) electrons. The van der Waals surface area contributed by atoms with Crippen LogP contribution in [0.2, 0.25) is 0 Å². The molecule has 0 bridgehead atoms. The average Bonchev–Trinajstić information content (AvgIpc) is 2.71. The Kier molecular flexibility index (Phi) is 4.56. The van der Waals surface area contributed by atoms with Crippen molar-refractivity contribution in [1.29, 1.82) is 0 Å². The molecule has 0 spiro atoms. The van der Waals surface area contributed by atoms with Crippen molar-refractivity contribution in [2.45, 2.75) is 33.4 Å². The van der Waals surface area contributed by atoms with E-state index in [0.717, 1.165) is 16.4 Å². The Hall–Kier alpha value is -1.39. The fourth-order valence-corrected chi connectivity index (χ4v) is 3.12. The molecule has 3 nitrogen and oxygen atoms in total. The molecular weight excluding hydrogens is 256 g/mol. The van der Waals surface area contributed by atoms with Gasteiger partial charge in [-0.2, -0.15) is 0 Å². The van der Waals surface area contributed by atoms with Crippen LogP contribution in [0, 0.1) is 13.8 Å². The number of hydrogen-bond acceptors (Lipinski definition) is 4. The van der Waals surface area contributed by atoms with Gasteiger partial charge >= 0.3 is 0 Å². The van der Waals surface area contributed by atoms with Crippen LogP contribution in [0.5, 0.6) is 0 Å². The predicted molar refractivity (Wildman–Crippen MR) is 80.8 cm³/mol. The normalized spacial score (nSPS) is 12.4. The molecule has 1 unspecified atom stereocenters. The molecule has 0 aliphatic heterocycles. The summed E-state index contributed by atoms with van der Waals surface area (Å²) in [5, 5.41) is 4.67. The monoisotopic (exact) mass is 276 g/mol. The molecule has 1 heterocycles. The van der Waals surface area contributed by atoms with Crippen LogP contribution in [0.15, 0.2) is 24.3 Å². The zero-order valence-corrected chi connectivity index (χ0v) is 12.7. The first-order chi connectivity index (χ1) is 9.11. The first-order valence-electron chi connectivity index (χ1n) is 6.39. The molecule has 19 heavy (non-hydrogen) atoms. The van der Waals surface area contributed by atoms with E-state index in [9.17, 15) is 0 Å². The third kappa shape index (κ3) is 3.33. The second-order valence-corrected chi connectivity index (χ2v) is 5.87. The van der Waals surface area contributed by atoms with Crippen LogP contribution in [-0.4, -0.2) is 12.1 Å². The van der Waals surface area contributed by atoms with Gasteiger partial charge in [0, 0.05) is 23.2 Å². The molecule has 2 aromatic rings. The van der Waals surface area contributed by atoms with Gasteiger partial charge in [0.2, 0.25) is 0 Å². The van der Waals surface area contributed by atoms with E-state index in [4.69, 9.17) is 4.74 Å². The number of benzene rings is 1. The second kappa shape index (κ2) is 6.17. The summed E-state index contributed by atoms with van der Waals surface area (Å²) < 4.78 is 5.23. The minimum Gasteiger partial charge on any atom is -0.380 e. The Balaban J connectivity index is 2.19. The molecule has 0 aliphatic carbocycles. The molecule has 0 saturated heterocycles. The number of para-hydroxylation sites is 1. The van der Waals surface area contributed by atoms with Gasteiger partial charge in [0.25, 0.3) is 0 Å². The average molecular weight is 276 g/mol. The third-order valence-electron chi connectivity index (χ3n) is 3.02. The highest BCUT2D eigenvalue weighted by molar-refractivity contribution is 7.11. The number of rotatable bonds is 5. The van der Waals surface area contributed by atoms with Gasteiger partial charge in [0.1, 0.15) is 0 Å². The predicted octanol–water partition coefficient (Wildman–Crippen LogP) is 4.08. The minimum absolute atomic E-state index is 0.254. The number of anilines is 1. The van der Waals surface area contributed by atoms with E-state index in [0.29, 0.717) is 6.61 Å². The number of thiazole rings is 1. The van der Waals surface area contributed by atoms with Crippen LogP contribution >= 0.6 is 11.3 Å². The van der Waals surface area contributed by atoms with Crippen molar-refractivity contribution in [3.05, 3.63) is 45.4 Å². The second-order valence-electron chi connectivity index (χ2n) is 4.64. The van der Waals surface area contributed by atoms with Crippen molar-refractivity contribution in [3.8, 4) is 0 Å². The lowest BCUT2D eigenvalue weighted by Crippen LogP contribution is -2.08. The summed E-state index contributed by atoms with van der Waals surface area (Å²) in [4.78, 5) is 5.78. The van der Waals surface area contributed by atoms with Gasteiger partial charge in [0.15, 0.2) is 0 Å². The molecule has 2 rings (SSSR count). The Labute approximate surface area is 118 Å². The highest BCUT2D eigenvalue weighted by Gasteiger charge is 2.13. The van der Waals surface area contributed by atoms with Crippen molar-refractivity contribution in [2.24, 2.45) is 0 Å². The molecule has 4 heteroatoms. The number of ether oxygens (including phenoxy) is 1. The maximum absolute atomic E-state index is 5.23. The van der Waals surface area contributed by atoms with E-state index < -0.39 is 0 Å². The number of nitrogens with zero attached hydrogens (tertiary/aromatic N) is 1. The van der Waals surface area contributed by atoms with Crippen molar-refractivity contribution in [1.82, 2.24) is 4.98 Å². The summed E-state index contributed by atoms with van der Waals surface area (Å²) in [6, 6.07) is 8.51. The summed E-state index contributed by atoms with van der Waals surface area (Å²) in [6.45, 7) is 6.91. The lowest BCUT2D eigenvalue weighted by atomic mass is 10.1. The molecular formula is C15H20N2OS. The molecule has 0 fully saturated rings. The Bertz CT molecular complexity index is 551. The first-order valence-corrected chi connectivity index (χ1v) is 7.20. The van der Waals surface area contributed by atoms with E-state index in [2.05, 4.69) is 36.3 Å². The lowest BCUT2D eigenvalue weighted by Gasteiger charge is -2.17. The Morgan fingerprint density at radius 1 is 1.32 bits per heavy atom. The van der Waals surface area contributed by atoms with E-state index in [1.165, 1.54) is 10.4 Å². The van der Waals surface area contributed by atoms with Crippen LogP contribution in [0.25, 0.3) is 0 Å². The zero-order chi connectivity index (χ0) is 13.8. The molecule has 0 aliphatic rings. The molecule has 1 aromatic carbocycles. The van der Waals surface area contributed by atoms with Crippen LogP contribution in [0.3, 0.4) is 0 Å². The smallest absolute Gasteiger partial charge is 0.0900 e. The largest absolute Gasteiger partial charge is 0.380 e. The van der Waals surface area contributed by atoms with E-state index in [-0.39, 0.29) is 6.04 Å². The highest BCUT2D eigenvalue weighted by Crippen LogP contribution is 2.28. The van der Waals surface area contributed by atoms with Gasteiger partial charge in [-0.1, -0.05) is 18.2 Å². The van der Waals surface area contributed by atoms with Crippen LogP contribution in [-0.2, 0) is 11.3 Å². The van der Waals surface area contributed by atoms with Gasteiger partial charge in [0.05, 0.1) is 23.4 Å². The first kappa shape index (κ1) is 14.0. The minimum atomic E-state index is 0.254. The van der Waals surface area contributed by atoms with Crippen LogP contribution in [0.1, 0.15) is 34.1 Å². The number of hydrogen-bond donors (Lipinski definition) is 1. The van der Waals surface area contributed by atoms with Crippen molar-refractivity contribution < 1.29 is 4.74 Å².